The molecule has 0 fully saturated rings. The van der Waals surface area contributed by atoms with Crippen LogP contribution in [0, 0.1) is 20.2 Å². The summed E-state index contributed by atoms with van der Waals surface area (Å²) >= 11 is -1.76. The van der Waals surface area contributed by atoms with Crippen LogP contribution < -0.4 is 0 Å². The first-order valence-corrected chi connectivity index (χ1v) is 6.55. The van der Waals surface area contributed by atoms with Gasteiger partial charge in [0, 0.05) is 23.3 Å². The van der Waals surface area contributed by atoms with Gasteiger partial charge in [-0.25, -0.2) is 0 Å². The summed E-state index contributed by atoms with van der Waals surface area (Å²) < 4.78 is 12.3. The molecule has 0 spiro atoms. The molecule has 1 unspecified atom stereocenters. The number of hydrogen-bond acceptors (Lipinski definition) is 5. The van der Waals surface area contributed by atoms with Crippen LogP contribution in [0.2, 0.25) is 0 Å². The Kier molecular flexibility index (Phi) is 3.97. The van der Waals surface area contributed by atoms with E-state index >= 15 is 0 Å². The third-order valence-electron chi connectivity index (χ3n) is 2.51. The number of non-ortho nitro benzene ring substituents is 1. The Hall–Kier alpha value is -2.45. The van der Waals surface area contributed by atoms with Gasteiger partial charge in [-0.15, -0.1) is 0 Å². The minimum absolute atomic E-state index is 0.0631. The van der Waals surface area contributed by atoms with Crippen molar-refractivity contribution in [3.8, 4) is 0 Å². The average molecular weight is 292 g/mol. The lowest BCUT2D eigenvalue weighted by Gasteiger charge is -2.09. The smallest absolute Gasteiger partial charge is 0.331 e. The molecule has 0 aliphatic rings. The Balaban J connectivity index is 2.51. The molecule has 1 atom stereocenters. The highest BCUT2D eigenvalue weighted by Gasteiger charge is 2.29. The van der Waals surface area contributed by atoms with Gasteiger partial charge >= 0.3 is 5.69 Å². The normalized spacial score (nSPS) is 11.8. The highest BCUT2D eigenvalue weighted by molar-refractivity contribution is 7.91. The summed E-state index contributed by atoms with van der Waals surface area (Å²) in [6, 6.07) is 11.3. The van der Waals surface area contributed by atoms with Gasteiger partial charge in [0.15, 0.2) is 4.90 Å². The first-order chi connectivity index (χ1) is 9.50. The molecule has 0 aliphatic heterocycles. The maximum absolute atomic E-state index is 12.3. The summed E-state index contributed by atoms with van der Waals surface area (Å²) in [7, 11) is 0. The van der Waals surface area contributed by atoms with Crippen molar-refractivity contribution in [2.45, 2.75) is 9.79 Å². The molecule has 102 valence electrons. The predicted molar refractivity (Wildman–Crippen MR) is 70.9 cm³/mol. The Bertz CT molecular complexity index is 662. The standard InChI is InChI=1S/C12H8N2O5S/c15-13(16)9-6-7-12(11(8-9)14(17)18)20(19)10-4-2-1-3-5-10/h1-8H. The van der Waals surface area contributed by atoms with E-state index in [-0.39, 0.29) is 4.90 Å². The second-order valence-corrected chi connectivity index (χ2v) is 5.20. The lowest BCUT2D eigenvalue weighted by atomic mass is 10.3. The van der Waals surface area contributed by atoms with Crippen molar-refractivity contribution in [2.24, 2.45) is 0 Å². The summed E-state index contributed by atoms with van der Waals surface area (Å²) in [5.74, 6) is 0. The van der Waals surface area contributed by atoms with Gasteiger partial charge in [-0.1, -0.05) is 18.2 Å². The molecule has 0 N–H and O–H groups in total. The molecule has 7 nitrogen and oxygen atoms in total. The lowest BCUT2D eigenvalue weighted by molar-refractivity contribution is -0.396. The molecule has 2 aromatic carbocycles. The number of nitrogens with zero attached hydrogens (tertiary/aromatic N) is 2. The summed E-state index contributed by atoms with van der Waals surface area (Å²) in [4.78, 5) is 20.4. The molecule has 0 saturated heterocycles. The van der Waals surface area contributed by atoms with Crippen LogP contribution in [0.1, 0.15) is 0 Å². The summed E-state index contributed by atoms with van der Waals surface area (Å²) in [5, 5.41) is 21.6. The van der Waals surface area contributed by atoms with Crippen LogP contribution in [0.4, 0.5) is 11.4 Å². The zero-order valence-corrected chi connectivity index (χ0v) is 10.8. The summed E-state index contributed by atoms with van der Waals surface area (Å²) in [6.07, 6.45) is 0. The molecule has 0 saturated carbocycles. The van der Waals surface area contributed by atoms with Crippen molar-refractivity contribution < 1.29 is 14.4 Å². The van der Waals surface area contributed by atoms with Crippen LogP contribution in [-0.4, -0.2) is 14.4 Å². The van der Waals surface area contributed by atoms with E-state index in [2.05, 4.69) is 0 Å². The molecule has 0 aliphatic carbocycles. The fourth-order valence-corrected chi connectivity index (χ4v) is 2.76. The molecule has 0 radical (unpaired) electrons. The maximum atomic E-state index is 12.3. The summed E-state index contributed by atoms with van der Waals surface area (Å²) in [5.41, 5.74) is -0.938. The van der Waals surface area contributed by atoms with Gasteiger partial charge in [0.1, 0.15) is 0 Å². The van der Waals surface area contributed by atoms with Gasteiger partial charge in [-0.05, 0) is 12.1 Å². The SMILES string of the molecule is O=[N+]([O-])c1ccc([S+]([O-])c2ccccc2)c([N+](=O)[O-])c1. The van der Waals surface area contributed by atoms with E-state index < -0.39 is 32.4 Å². The fourth-order valence-electron chi connectivity index (χ4n) is 1.59. The van der Waals surface area contributed by atoms with Gasteiger partial charge in [0.2, 0.25) is 4.90 Å². The Morgan fingerprint density at radius 3 is 2.10 bits per heavy atom. The van der Waals surface area contributed by atoms with Crippen molar-refractivity contribution in [3.63, 3.8) is 0 Å². The molecule has 2 aromatic rings. The number of nitro benzene ring substituents is 2. The van der Waals surface area contributed by atoms with E-state index in [0.717, 1.165) is 18.2 Å². The van der Waals surface area contributed by atoms with E-state index in [9.17, 15) is 24.8 Å². The van der Waals surface area contributed by atoms with Crippen molar-refractivity contribution in [1.82, 2.24) is 0 Å². The zero-order chi connectivity index (χ0) is 14.7. The van der Waals surface area contributed by atoms with Crippen molar-refractivity contribution in [1.29, 1.82) is 0 Å². The lowest BCUT2D eigenvalue weighted by Crippen LogP contribution is -2.06. The Labute approximate surface area is 116 Å². The van der Waals surface area contributed by atoms with Gasteiger partial charge in [-0.3, -0.25) is 20.2 Å². The van der Waals surface area contributed by atoms with E-state index in [1.54, 1.807) is 30.3 Å². The topological polar surface area (TPSA) is 109 Å². The van der Waals surface area contributed by atoms with E-state index in [4.69, 9.17) is 0 Å². The summed E-state index contributed by atoms with van der Waals surface area (Å²) in [6.45, 7) is 0. The minimum Gasteiger partial charge on any atom is -0.606 e. The number of nitro groups is 2. The van der Waals surface area contributed by atoms with Crippen LogP contribution >= 0.6 is 0 Å². The minimum atomic E-state index is -1.76. The molecular weight excluding hydrogens is 284 g/mol. The Morgan fingerprint density at radius 1 is 0.900 bits per heavy atom. The van der Waals surface area contributed by atoms with Crippen molar-refractivity contribution in [3.05, 3.63) is 68.8 Å². The second kappa shape index (κ2) is 5.68. The van der Waals surface area contributed by atoms with Gasteiger partial charge in [0.25, 0.3) is 5.69 Å². The third kappa shape index (κ3) is 2.76. The van der Waals surface area contributed by atoms with Crippen LogP contribution in [0.15, 0.2) is 58.3 Å². The van der Waals surface area contributed by atoms with E-state index in [0.29, 0.717) is 4.90 Å². The van der Waals surface area contributed by atoms with Crippen LogP contribution in [-0.2, 0) is 11.2 Å². The number of rotatable bonds is 4. The predicted octanol–water partition coefficient (Wildman–Crippen LogP) is 2.67. The molecule has 0 amide bonds. The molecular formula is C12H8N2O5S. The molecule has 8 heteroatoms. The Morgan fingerprint density at radius 2 is 1.55 bits per heavy atom. The average Bonchev–Trinajstić information content (AvgIpc) is 2.46. The van der Waals surface area contributed by atoms with E-state index in [1.165, 1.54) is 0 Å². The number of hydrogen-bond donors (Lipinski definition) is 0. The first kappa shape index (κ1) is 14.0. The highest BCUT2D eigenvalue weighted by atomic mass is 32.2. The maximum Gasteiger partial charge on any atom is 0.331 e. The van der Waals surface area contributed by atoms with Crippen molar-refractivity contribution in [2.75, 3.05) is 0 Å². The van der Waals surface area contributed by atoms with Gasteiger partial charge in [-0.2, -0.15) is 0 Å². The molecule has 0 aromatic heterocycles. The quantitative estimate of drug-likeness (QED) is 0.488. The monoisotopic (exact) mass is 292 g/mol. The van der Waals surface area contributed by atoms with Gasteiger partial charge < -0.3 is 4.55 Å². The molecule has 2 rings (SSSR count). The van der Waals surface area contributed by atoms with E-state index in [1.807, 2.05) is 0 Å². The van der Waals surface area contributed by atoms with Crippen LogP contribution in [0.25, 0.3) is 0 Å². The molecule has 20 heavy (non-hydrogen) atoms. The van der Waals surface area contributed by atoms with Crippen LogP contribution in [0.3, 0.4) is 0 Å². The first-order valence-electron chi connectivity index (χ1n) is 5.40. The second-order valence-electron chi connectivity index (χ2n) is 3.75. The molecule has 0 bridgehead atoms. The fraction of sp³-hybridized carbons (Fsp3) is 0. The van der Waals surface area contributed by atoms with Crippen molar-refractivity contribution >= 4 is 22.6 Å². The largest absolute Gasteiger partial charge is 0.606 e. The zero-order valence-electron chi connectivity index (χ0n) is 9.96. The number of benzene rings is 2. The third-order valence-corrected chi connectivity index (χ3v) is 3.95. The van der Waals surface area contributed by atoms with Gasteiger partial charge in [0.05, 0.1) is 15.9 Å². The highest BCUT2D eigenvalue weighted by Crippen LogP contribution is 2.32. The molecule has 0 heterocycles. The van der Waals surface area contributed by atoms with Crippen LogP contribution in [0.5, 0.6) is 0 Å².